The summed E-state index contributed by atoms with van der Waals surface area (Å²) in [6.07, 6.45) is 7.31. The number of nitrogens with one attached hydrogen (secondary N) is 2. The highest BCUT2D eigenvalue weighted by molar-refractivity contribution is 5.90. The lowest BCUT2D eigenvalue weighted by Crippen LogP contribution is -2.23. The molecule has 1 heterocycles. The Balaban J connectivity index is 1.38. The molecule has 0 saturated carbocycles. The van der Waals surface area contributed by atoms with Crippen LogP contribution in [0.15, 0.2) is 60.8 Å². The molecule has 0 spiro atoms. The van der Waals surface area contributed by atoms with Gasteiger partial charge in [0, 0.05) is 36.9 Å². The average molecular weight is 361 g/mol. The van der Waals surface area contributed by atoms with E-state index in [4.69, 9.17) is 5.21 Å². The van der Waals surface area contributed by atoms with E-state index in [-0.39, 0.29) is 0 Å². The van der Waals surface area contributed by atoms with Crippen LogP contribution >= 0.6 is 0 Å². The Morgan fingerprint density at radius 3 is 3.00 bits per heavy atom. The van der Waals surface area contributed by atoms with Gasteiger partial charge in [0.05, 0.1) is 0 Å². The number of hydroxylamine groups is 1. The topological polar surface area (TPSA) is 66.3 Å². The van der Waals surface area contributed by atoms with Gasteiger partial charge in [-0.05, 0) is 53.1 Å². The largest absolute Gasteiger partial charge is 0.346 e. The number of carbonyl (C=O) groups is 1. The van der Waals surface area contributed by atoms with E-state index in [0.29, 0.717) is 6.04 Å². The van der Waals surface area contributed by atoms with Gasteiger partial charge in [0.25, 0.3) is 5.91 Å². The Morgan fingerprint density at radius 1 is 1.22 bits per heavy atom. The zero-order valence-corrected chi connectivity index (χ0v) is 15.1. The van der Waals surface area contributed by atoms with Gasteiger partial charge in [-0.1, -0.05) is 36.4 Å². The Morgan fingerprint density at radius 2 is 2.11 bits per heavy atom. The fourth-order valence-electron chi connectivity index (χ4n) is 3.86. The lowest BCUT2D eigenvalue weighted by Gasteiger charge is -2.15. The van der Waals surface area contributed by atoms with Gasteiger partial charge in [0.15, 0.2) is 0 Å². The zero-order chi connectivity index (χ0) is 18.6. The van der Waals surface area contributed by atoms with E-state index in [1.54, 1.807) is 11.6 Å². The molecule has 0 bridgehead atoms. The van der Waals surface area contributed by atoms with E-state index in [9.17, 15) is 4.79 Å². The smallest absolute Gasteiger partial charge is 0.267 e. The van der Waals surface area contributed by atoms with Crippen LogP contribution in [0.2, 0.25) is 0 Å². The average Bonchev–Trinajstić information content (AvgIpc) is 3.30. The van der Waals surface area contributed by atoms with Gasteiger partial charge in [0.1, 0.15) is 0 Å². The molecule has 5 nitrogen and oxygen atoms in total. The van der Waals surface area contributed by atoms with E-state index in [1.165, 1.54) is 28.1 Å². The molecule has 2 aromatic carbocycles. The van der Waals surface area contributed by atoms with Gasteiger partial charge in [-0.2, -0.15) is 0 Å². The van der Waals surface area contributed by atoms with E-state index < -0.39 is 5.91 Å². The minimum atomic E-state index is -0.521. The lowest BCUT2D eigenvalue weighted by atomic mass is 10.0. The second-order valence-corrected chi connectivity index (χ2v) is 6.88. The van der Waals surface area contributed by atoms with Crippen LogP contribution in [0.1, 0.15) is 29.2 Å². The highest BCUT2D eigenvalue weighted by Gasteiger charge is 2.21. The fourth-order valence-corrected chi connectivity index (χ4v) is 3.86. The molecule has 5 heteroatoms. The number of aromatic nitrogens is 1. The molecule has 1 amide bonds. The molecule has 3 aromatic rings. The van der Waals surface area contributed by atoms with Gasteiger partial charge in [-0.15, -0.1) is 0 Å². The first-order valence-corrected chi connectivity index (χ1v) is 9.27. The van der Waals surface area contributed by atoms with E-state index >= 15 is 0 Å². The second-order valence-electron chi connectivity index (χ2n) is 6.88. The summed E-state index contributed by atoms with van der Waals surface area (Å²) in [5.74, 6) is -0.521. The molecule has 0 fully saturated rings. The normalized spacial score (nSPS) is 16.1. The molecule has 138 valence electrons. The van der Waals surface area contributed by atoms with Crippen molar-refractivity contribution in [1.82, 2.24) is 15.4 Å². The summed E-state index contributed by atoms with van der Waals surface area (Å²) in [6, 6.07) is 17.3. The number of nitrogens with zero attached hydrogens (tertiary/aromatic N) is 1. The molecule has 1 aromatic heterocycles. The fraction of sp³-hybridized carbons (Fsp3) is 0.227. The Hall–Kier alpha value is -2.89. The van der Waals surface area contributed by atoms with Gasteiger partial charge < -0.3 is 9.88 Å². The third-order valence-electron chi connectivity index (χ3n) is 5.21. The standard InChI is InChI=1S/C22H23N3O2/c26-22(24-27)10-6-16-5-8-19-18(15-16)7-9-20(19)23-12-14-25-13-11-17-3-1-2-4-21(17)25/h1-6,8,10-11,13,15,20,23,27H,7,9,12,14H2,(H,24,26). The van der Waals surface area contributed by atoms with Crippen molar-refractivity contribution in [1.29, 1.82) is 0 Å². The maximum Gasteiger partial charge on any atom is 0.267 e. The minimum absolute atomic E-state index is 0.376. The third-order valence-corrected chi connectivity index (χ3v) is 5.21. The Labute approximate surface area is 158 Å². The van der Waals surface area contributed by atoms with Crippen LogP contribution in [0.4, 0.5) is 0 Å². The molecule has 1 atom stereocenters. The van der Waals surface area contributed by atoms with E-state index in [1.807, 2.05) is 6.07 Å². The summed E-state index contributed by atoms with van der Waals surface area (Å²) in [6.45, 7) is 1.86. The predicted octanol–water partition coefficient (Wildman–Crippen LogP) is 3.44. The Kier molecular flexibility index (Phi) is 5.05. The maximum absolute atomic E-state index is 11.1. The van der Waals surface area contributed by atoms with Crippen LogP contribution in [-0.4, -0.2) is 22.2 Å². The summed E-state index contributed by atoms with van der Waals surface area (Å²) in [5, 5.41) is 13.5. The predicted molar refractivity (Wildman–Crippen MR) is 106 cm³/mol. The van der Waals surface area contributed by atoms with Crippen LogP contribution < -0.4 is 10.8 Å². The molecular weight excluding hydrogens is 338 g/mol. The molecule has 0 saturated heterocycles. The van der Waals surface area contributed by atoms with Crippen molar-refractivity contribution in [3.8, 4) is 0 Å². The molecule has 1 aliphatic rings. The van der Waals surface area contributed by atoms with Crippen LogP contribution in [-0.2, 0) is 17.8 Å². The molecule has 27 heavy (non-hydrogen) atoms. The zero-order valence-electron chi connectivity index (χ0n) is 15.1. The SMILES string of the molecule is O=C(C=Cc1ccc2c(c1)CCC2NCCn1ccc2ccccc21)NO. The van der Waals surface area contributed by atoms with E-state index in [2.05, 4.69) is 58.5 Å². The van der Waals surface area contributed by atoms with Crippen molar-refractivity contribution < 1.29 is 10.0 Å². The highest BCUT2D eigenvalue weighted by Crippen LogP contribution is 2.32. The van der Waals surface area contributed by atoms with Crippen LogP contribution in [0, 0.1) is 0 Å². The van der Waals surface area contributed by atoms with Crippen molar-refractivity contribution in [2.24, 2.45) is 0 Å². The van der Waals surface area contributed by atoms with Crippen LogP contribution in [0.3, 0.4) is 0 Å². The highest BCUT2D eigenvalue weighted by atomic mass is 16.5. The monoisotopic (exact) mass is 361 g/mol. The van der Waals surface area contributed by atoms with Crippen molar-refractivity contribution in [2.45, 2.75) is 25.4 Å². The molecule has 4 rings (SSSR count). The Bertz CT molecular complexity index is 990. The summed E-state index contributed by atoms with van der Waals surface area (Å²) in [4.78, 5) is 11.1. The molecule has 1 aliphatic carbocycles. The number of carbonyl (C=O) groups excluding carboxylic acids is 1. The lowest BCUT2D eigenvalue weighted by molar-refractivity contribution is -0.124. The van der Waals surface area contributed by atoms with Crippen molar-refractivity contribution >= 4 is 22.9 Å². The summed E-state index contributed by atoms with van der Waals surface area (Å²) >= 11 is 0. The molecule has 0 radical (unpaired) electrons. The van der Waals surface area contributed by atoms with Gasteiger partial charge in [-0.3, -0.25) is 10.0 Å². The molecule has 1 unspecified atom stereocenters. The third kappa shape index (κ3) is 3.79. The molecular formula is C22H23N3O2. The number of hydrogen-bond acceptors (Lipinski definition) is 3. The quantitative estimate of drug-likeness (QED) is 0.358. The summed E-state index contributed by atoms with van der Waals surface area (Å²) in [5.41, 5.74) is 6.51. The number of rotatable bonds is 6. The van der Waals surface area contributed by atoms with Crippen LogP contribution in [0.25, 0.3) is 17.0 Å². The first kappa shape index (κ1) is 17.5. The molecule has 0 aliphatic heterocycles. The number of benzene rings is 2. The second kappa shape index (κ2) is 7.78. The minimum Gasteiger partial charge on any atom is -0.346 e. The summed E-state index contributed by atoms with van der Waals surface area (Å²) in [7, 11) is 0. The molecule has 3 N–H and O–H groups in total. The van der Waals surface area contributed by atoms with Gasteiger partial charge >= 0.3 is 0 Å². The summed E-state index contributed by atoms with van der Waals surface area (Å²) < 4.78 is 2.29. The van der Waals surface area contributed by atoms with Gasteiger partial charge in [0.2, 0.25) is 0 Å². The number of fused-ring (bicyclic) bond motifs is 2. The first-order valence-electron chi connectivity index (χ1n) is 9.27. The van der Waals surface area contributed by atoms with Gasteiger partial charge in [-0.25, -0.2) is 5.48 Å². The number of hydrogen-bond donors (Lipinski definition) is 3. The van der Waals surface area contributed by atoms with Crippen molar-refractivity contribution in [2.75, 3.05) is 6.54 Å². The van der Waals surface area contributed by atoms with Crippen LogP contribution in [0.5, 0.6) is 0 Å². The first-order chi connectivity index (χ1) is 13.2. The van der Waals surface area contributed by atoms with Crippen molar-refractivity contribution in [3.63, 3.8) is 0 Å². The number of aryl methyl sites for hydroxylation is 1. The van der Waals surface area contributed by atoms with Crippen molar-refractivity contribution in [3.05, 3.63) is 77.5 Å². The number of para-hydroxylation sites is 1. The maximum atomic E-state index is 11.1. The number of amides is 1. The van der Waals surface area contributed by atoms with E-state index in [0.717, 1.165) is 31.5 Å².